The molecule has 0 amide bonds. The van der Waals surface area contributed by atoms with Crippen molar-refractivity contribution in [3.63, 3.8) is 0 Å². The predicted molar refractivity (Wildman–Crippen MR) is 54.7 cm³/mol. The van der Waals surface area contributed by atoms with E-state index in [4.69, 9.17) is 9.68 Å². The lowest BCUT2D eigenvalue weighted by atomic mass is 10.1. The third-order valence-corrected chi connectivity index (χ3v) is 2.24. The van der Waals surface area contributed by atoms with Crippen LogP contribution in [-0.4, -0.2) is 19.0 Å². The summed E-state index contributed by atoms with van der Waals surface area (Å²) in [5, 5.41) is 8.55. The van der Waals surface area contributed by atoms with Crippen LogP contribution in [-0.2, 0) is 0 Å². The Hall–Kier alpha value is -1.27. The van der Waals surface area contributed by atoms with Crippen molar-refractivity contribution in [1.82, 2.24) is 4.90 Å². The minimum absolute atomic E-state index is 0.211. The quantitative estimate of drug-likeness (QED) is 0.735. The van der Waals surface area contributed by atoms with Crippen molar-refractivity contribution in [3.05, 3.63) is 23.7 Å². The van der Waals surface area contributed by atoms with E-state index in [1.54, 1.807) is 0 Å². The predicted octanol–water partition coefficient (Wildman–Crippen LogP) is 2.49. The molecular formula is C11H16N2O. The van der Waals surface area contributed by atoms with E-state index >= 15 is 0 Å². The fourth-order valence-corrected chi connectivity index (χ4v) is 1.49. The van der Waals surface area contributed by atoms with Crippen LogP contribution in [0.2, 0.25) is 0 Å². The van der Waals surface area contributed by atoms with Crippen LogP contribution in [0.25, 0.3) is 0 Å². The molecule has 0 radical (unpaired) electrons. The zero-order valence-corrected chi connectivity index (χ0v) is 8.95. The molecule has 1 atom stereocenters. The third kappa shape index (κ3) is 2.61. The number of rotatable bonds is 4. The van der Waals surface area contributed by atoms with Gasteiger partial charge >= 0.3 is 0 Å². The van der Waals surface area contributed by atoms with E-state index in [-0.39, 0.29) is 6.04 Å². The highest BCUT2D eigenvalue weighted by molar-refractivity contribution is 5.09. The first-order chi connectivity index (χ1) is 6.65. The fraction of sp³-hybridized carbons (Fsp3) is 0.545. The molecule has 76 valence electrons. The van der Waals surface area contributed by atoms with Crippen molar-refractivity contribution in [3.8, 4) is 6.07 Å². The van der Waals surface area contributed by atoms with Gasteiger partial charge in [-0.25, -0.2) is 0 Å². The molecule has 0 spiro atoms. The van der Waals surface area contributed by atoms with E-state index in [0.717, 1.165) is 17.9 Å². The molecule has 3 nitrogen and oxygen atoms in total. The summed E-state index contributed by atoms with van der Waals surface area (Å²) in [7, 11) is 4.00. The van der Waals surface area contributed by atoms with E-state index in [2.05, 4.69) is 11.0 Å². The molecular weight excluding hydrogens is 176 g/mol. The van der Waals surface area contributed by atoms with Crippen LogP contribution in [0, 0.1) is 18.3 Å². The monoisotopic (exact) mass is 192 g/mol. The molecule has 0 N–H and O–H groups in total. The largest absolute Gasteiger partial charge is 0.465 e. The molecule has 3 heteroatoms. The number of nitriles is 1. The lowest BCUT2D eigenvalue weighted by Gasteiger charge is -2.20. The van der Waals surface area contributed by atoms with Crippen molar-refractivity contribution in [2.75, 3.05) is 14.1 Å². The van der Waals surface area contributed by atoms with Crippen molar-refractivity contribution < 1.29 is 4.42 Å². The van der Waals surface area contributed by atoms with Gasteiger partial charge in [-0.2, -0.15) is 5.26 Å². The maximum Gasteiger partial charge on any atom is 0.121 e. The van der Waals surface area contributed by atoms with Crippen molar-refractivity contribution in [2.24, 2.45) is 0 Å². The minimum Gasteiger partial charge on any atom is -0.465 e. The molecule has 1 aromatic rings. The van der Waals surface area contributed by atoms with E-state index in [9.17, 15) is 0 Å². The average Bonchev–Trinajstić information content (AvgIpc) is 2.52. The van der Waals surface area contributed by atoms with E-state index in [1.165, 1.54) is 0 Å². The normalized spacial score (nSPS) is 12.8. The van der Waals surface area contributed by atoms with Crippen molar-refractivity contribution in [1.29, 1.82) is 5.26 Å². The minimum atomic E-state index is 0.211. The summed E-state index contributed by atoms with van der Waals surface area (Å²) < 4.78 is 5.55. The highest BCUT2D eigenvalue weighted by Crippen LogP contribution is 2.24. The SMILES string of the molecule is Cc1ccc(C(CCC#N)N(C)C)o1. The zero-order valence-electron chi connectivity index (χ0n) is 8.95. The van der Waals surface area contributed by atoms with E-state index in [0.29, 0.717) is 6.42 Å². The van der Waals surface area contributed by atoms with Crippen LogP contribution in [0.4, 0.5) is 0 Å². The number of hydrogen-bond donors (Lipinski definition) is 0. The molecule has 0 aliphatic carbocycles. The molecule has 1 heterocycles. The summed E-state index contributed by atoms with van der Waals surface area (Å²) in [6.07, 6.45) is 1.37. The van der Waals surface area contributed by atoms with Gasteiger partial charge in [0.25, 0.3) is 0 Å². The second-order valence-corrected chi connectivity index (χ2v) is 3.62. The molecule has 0 aliphatic rings. The van der Waals surface area contributed by atoms with Gasteiger partial charge in [-0.1, -0.05) is 0 Å². The molecule has 0 aliphatic heterocycles. The maximum absolute atomic E-state index is 8.55. The van der Waals surface area contributed by atoms with Gasteiger partial charge in [0, 0.05) is 6.42 Å². The van der Waals surface area contributed by atoms with Gasteiger partial charge in [-0.05, 0) is 39.6 Å². The average molecular weight is 192 g/mol. The van der Waals surface area contributed by atoms with Crippen LogP contribution in [0.3, 0.4) is 0 Å². The first-order valence-corrected chi connectivity index (χ1v) is 4.75. The standard InChI is InChI=1S/C11H16N2O/c1-9-6-7-11(14-9)10(13(2)3)5-4-8-12/h6-7,10H,4-5H2,1-3H3. The summed E-state index contributed by atoms with van der Waals surface area (Å²) >= 11 is 0. The summed E-state index contributed by atoms with van der Waals surface area (Å²) in [6.45, 7) is 1.93. The number of furan rings is 1. The summed E-state index contributed by atoms with van der Waals surface area (Å²) in [5.74, 6) is 1.87. The van der Waals surface area contributed by atoms with E-state index in [1.807, 2.05) is 33.2 Å². The molecule has 0 saturated carbocycles. The molecule has 1 aromatic heterocycles. The highest BCUT2D eigenvalue weighted by Gasteiger charge is 2.16. The van der Waals surface area contributed by atoms with Gasteiger partial charge in [0.1, 0.15) is 11.5 Å². The van der Waals surface area contributed by atoms with Crippen LogP contribution < -0.4 is 0 Å². The van der Waals surface area contributed by atoms with Crippen LogP contribution in [0.1, 0.15) is 30.4 Å². The summed E-state index contributed by atoms with van der Waals surface area (Å²) in [5.41, 5.74) is 0. The van der Waals surface area contributed by atoms with Crippen LogP contribution >= 0.6 is 0 Å². The summed E-state index contributed by atoms with van der Waals surface area (Å²) in [6, 6.07) is 6.31. The Morgan fingerprint density at radius 2 is 2.21 bits per heavy atom. The molecule has 1 unspecified atom stereocenters. The van der Waals surface area contributed by atoms with Crippen molar-refractivity contribution in [2.45, 2.75) is 25.8 Å². The Morgan fingerprint density at radius 3 is 2.64 bits per heavy atom. The highest BCUT2D eigenvalue weighted by atomic mass is 16.3. The van der Waals surface area contributed by atoms with Crippen molar-refractivity contribution >= 4 is 0 Å². The van der Waals surface area contributed by atoms with E-state index < -0.39 is 0 Å². The molecule has 0 aromatic carbocycles. The van der Waals surface area contributed by atoms with Gasteiger partial charge < -0.3 is 4.42 Å². The second-order valence-electron chi connectivity index (χ2n) is 3.62. The Kier molecular flexibility index (Phi) is 3.73. The first-order valence-electron chi connectivity index (χ1n) is 4.75. The Morgan fingerprint density at radius 1 is 1.50 bits per heavy atom. The molecule has 1 rings (SSSR count). The number of nitrogens with zero attached hydrogens (tertiary/aromatic N) is 2. The lowest BCUT2D eigenvalue weighted by Crippen LogP contribution is -2.19. The Labute approximate surface area is 84.9 Å². The van der Waals surface area contributed by atoms with Crippen LogP contribution in [0.5, 0.6) is 0 Å². The Balaban J connectivity index is 2.73. The van der Waals surface area contributed by atoms with Gasteiger partial charge in [-0.15, -0.1) is 0 Å². The lowest BCUT2D eigenvalue weighted by molar-refractivity contribution is 0.244. The Bertz CT molecular complexity index is 322. The molecule has 0 bridgehead atoms. The number of hydrogen-bond acceptors (Lipinski definition) is 3. The molecule has 0 saturated heterocycles. The summed E-state index contributed by atoms with van der Waals surface area (Å²) in [4.78, 5) is 2.08. The second kappa shape index (κ2) is 4.83. The zero-order chi connectivity index (χ0) is 10.6. The van der Waals surface area contributed by atoms with Gasteiger partial charge in [0.05, 0.1) is 12.1 Å². The van der Waals surface area contributed by atoms with Gasteiger partial charge in [0.2, 0.25) is 0 Å². The van der Waals surface area contributed by atoms with Gasteiger partial charge in [0.15, 0.2) is 0 Å². The first kappa shape index (κ1) is 10.8. The maximum atomic E-state index is 8.55. The van der Waals surface area contributed by atoms with Gasteiger partial charge in [-0.3, -0.25) is 4.90 Å². The third-order valence-electron chi connectivity index (χ3n) is 2.24. The fourth-order valence-electron chi connectivity index (χ4n) is 1.49. The number of aryl methyl sites for hydroxylation is 1. The molecule has 0 fully saturated rings. The smallest absolute Gasteiger partial charge is 0.121 e. The topological polar surface area (TPSA) is 40.2 Å². The molecule has 14 heavy (non-hydrogen) atoms. The van der Waals surface area contributed by atoms with Crippen LogP contribution in [0.15, 0.2) is 16.5 Å².